The number of methoxy groups -OCH3 is 1. The van der Waals surface area contributed by atoms with Crippen LogP contribution >= 0.6 is 0 Å². The summed E-state index contributed by atoms with van der Waals surface area (Å²) < 4.78 is 18.8. The van der Waals surface area contributed by atoms with E-state index in [1.54, 1.807) is 31.2 Å². The number of para-hydroxylation sites is 1. The molecule has 4 nitrogen and oxygen atoms in total. The maximum Gasteiger partial charge on any atom is 0.355 e. The van der Waals surface area contributed by atoms with Gasteiger partial charge in [0.05, 0.1) is 12.6 Å². The lowest BCUT2D eigenvalue weighted by atomic mass is 9.94. The van der Waals surface area contributed by atoms with E-state index in [0.717, 1.165) is 5.56 Å². The molecule has 1 N–H and O–H groups in total. The van der Waals surface area contributed by atoms with Gasteiger partial charge in [0.2, 0.25) is 0 Å². The van der Waals surface area contributed by atoms with Crippen molar-refractivity contribution >= 4 is 16.9 Å². The number of hydrogen-bond donors (Lipinski definition) is 1. The minimum absolute atomic E-state index is 0.120. The number of carbonyl (C=O) groups is 1. The van der Waals surface area contributed by atoms with Crippen LogP contribution in [0.5, 0.6) is 5.75 Å². The summed E-state index contributed by atoms with van der Waals surface area (Å²) in [6.45, 7) is 1.80. The molecule has 0 aliphatic rings. The molecule has 0 aliphatic carbocycles. The zero-order valence-electron chi connectivity index (χ0n) is 12.6. The van der Waals surface area contributed by atoms with Crippen LogP contribution in [0.25, 0.3) is 22.0 Å². The van der Waals surface area contributed by atoms with Crippen molar-refractivity contribution in [2.24, 2.45) is 0 Å². The van der Waals surface area contributed by atoms with Gasteiger partial charge in [-0.3, -0.25) is 0 Å². The SMILES string of the molecule is COc1ccccc1-c1c(C(=O)O)nc2cc(F)ccc2c1C. The number of aryl methyl sites for hydroxylation is 1. The van der Waals surface area contributed by atoms with Crippen LogP contribution in [0.2, 0.25) is 0 Å². The molecule has 0 saturated carbocycles. The maximum atomic E-state index is 13.4. The number of nitrogens with zero attached hydrogens (tertiary/aromatic N) is 1. The highest BCUT2D eigenvalue weighted by molar-refractivity contribution is 6.01. The molecule has 23 heavy (non-hydrogen) atoms. The van der Waals surface area contributed by atoms with Crippen LogP contribution < -0.4 is 4.74 Å². The highest BCUT2D eigenvalue weighted by Gasteiger charge is 2.21. The van der Waals surface area contributed by atoms with Crippen molar-refractivity contribution in [3.05, 3.63) is 59.5 Å². The van der Waals surface area contributed by atoms with Gasteiger partial charge in [-0.25, -0.2) is 14.2 Å². The van der Waals surface area contributed by atoms with E-state index >= 15 is 0 Å². The van der Waals surface area contributed by atoms with E-state index < -0.39 is 11.8 Å². The van der Waals surface area contributed by atoms with Crippen LogP contribution in [0.15, 0.2) is 42.5 Å². The van der Waals surface area contributed by atoms with Gasteiger partial charge in [0.15, 0.2) is 5.69 Å². The van der Waals surface area contributed by atoms with E-state index in [1.807, 2.05) is 6.07 Å². The Hall–Kier alpha value is -2.95. The second-order valence-corrected chi connectivity index (χ2v) is 5.13. The number of aromatic nitrogens is 1. The molecule has 1 heterocycles. The summed E-state index contributed by atoms with van der Waals surface area (Å²) >= 11 is 0. The normalized spacial score (nSPS) is 10.7. The average Bonchev–Trinajstić information content (AvgIpc) is 2.54. The highest BCUT2D eigenvalue weighted by Crippen LogP contribution is 2.37. The minimum atomic E-state index is -1.17. The van der Waals surface area contributed by atoms with Gasteiger partial charge in [-0.1, -0.05) is 18.2 Å². The smallest absolute Gasteiger partial charge is 0.355 e. The Kier molecular flexibility index (Phi) is 3.70. The van der Waals surface area contributed by atoms with E-state index in [2.05, 4.69) is 4.98 Å². The minimum Gasteiger partial charge on any atom is -0.496 e. The first kappa shape index (κ1) is 15.0. The predicted octanol–water partition coefficient (Wildman–Crippen LogP) is 4.06. The zero-order chi connectivity index (χ0) is 16.6. The third-order valence-corrected chi connectivity index (χ3v) is 3.79. The van der Waals surface area contributed by atoms with E-state index in [9.17, 15) is 14.3 Å². The summed E-state index contributed by atoms with van der Waals surface area (Å²) in [7, 11) is 1.53. The first-order valence-electron chi connectivity index (χ1n) is 6.99. The fourth-order valence-corrected chi connectivity index (χ4v) is 2.74. The topological polar surface area (TPSA) is 59.4 Å². The maximum absolute atomic E-state index is 13.4. The first-order chi connectivity index (χ1) is 11.0. The first-order valence-corrected chi connectivity index (χ1v) is 6.99. The van der Waals surface area contributed by atoms with Crippen LogP contribution in [-0.4, -0.2) is 23.2 Å². The molecule has 0 bridgehead atoms. The lowest BCUT2D eigenvalue weighted by Gasteiger charge is -2.15. The van der Waals surface area contributed by atoms with E-state index in [-0.39, 0.29) is 5.69 Å². The number of carboxylic acid groups (broad SMARTS) is 1. The van der Waals surface area contributed by atoms with Crippen molar-refractivity contribution in [3.63, 3.8) is 0 Å². The third kappa shape index (κ3) is 2.50. The summed E-state index contributed by atoms with van der Waals surface area (Å²) in [5.74, 6) is -1.06. The Morgan fingerprint density at radius 3 is 2.65 bits per heavy atom. The van der Waals surface area contributed by atoms with E-state index in [1.165, 1.54) is 19.2 Å². The fraction of sp³-hybridized carbons (Fsp3) is 0.111. The van der Waals surface area contributed by atoms with Crippen molar-refractivity contribution in [2.45, 2.75) is 6.92 Å². The molecule has 0 amide bonds. The third-order valence-electron chi connectivity index (χ3n) is 3.79. The molecule has 0 spiro atoms. The number of hydrogen-bond acceptors (Lipinski definition) is 3. The van der Waals surface area contributed by atoms with E-state index in [0.29, 0.717) is 27.8 Å². The second-order valence-electron chi connectivity index (χ2n) is 5.13. The van der Waals surface area contributed by atoms with Gasteiger partial charge in [0, 0.05) is 22.6 Å². The fourth-order valence-electron chi connectivity index (χ4n) is 2.74. The zero-order valence-corrected chi connectivity index (χ0v) is 12.6. The van der Waals surface area contributed by atoms with Crippen molar-refractivity contribution in [1.82, 2.24) is 4.98 Å². The lowest BCUT2D eigenvalue weighted by molar-refractivity contribution is 0.0691. The molecule has 0 aliphatic heterocycles. The molecule has 3 aromatic rings. The van der Waals surface area contributed by atoms with Crippen molar-refractivity contribution in [2.75, 3.05) is 7.11 Å². The van der Waals surface area contributed by atoms with Gasteiger partial charge >= 0.3 is 5.97 Å². The van der Waals surface area contributed by atoms with E-state index in [4.69, 9.17) is 4.74 Å². The van der Waals surface area contributed by atoms with Crippen LogP contribution in [-0.2, 0) is 0 Å². The molecule has 0 atom stereocenters. The number of pyridine rings is 1. The standard InChI is InChI=1S/C18H14FNO3/c1-10-12-8-7-11(19)9-14(12)20-17(18(21)22)16(10)13-5-3-4-6-15(13)23-2/h3-9H,1-2H3,(H,21,22). The highest BCUT2D eigenvalue weighted by atomic mass is 19.1. The Balaban J connectivity index is 2.43. The molecular weight excluding hydrogens is 297 g/mol. The molecule has 3 rings (SSSR count). The van der Waals surface area contributed by atoms with Gasteiger partial charge in [-0.05, 0) is 30.7 Å². The monoisotopic (exact) mass is 311 g/mol. The van der Waals surface area contributed by atoms with Crippen molar-refractivity contribution < 1.29 is 19.0 Å². The van der Waals surface area contributed by atoms with Gasteiger partial charge in [-0.2, -0.15) is 0 Å². The number of benzene rings is 2. The van der Waals surface area contributed by atoms with Crippen LogP contribution in [0, 0.1) is 12.7 Å². The summed E-state index contributed by atoms with van der Waals surface area (Å²) in [6.07, 6.45) is 0. The van der Waals surface area contributed by atoms with Crippen molar-refractivity contribution in [1.29, 1.82) is 0 Å². The Morgan fingerprint density at radius 1 is 1.22 bits per heavy atom. The molecule has 5 heteroatoms. The van der Waals surface area contributed by atoms with Crippen molar-refractivity contribution in [3.8, 4) is 16.9 Å². The largest absolute Gasteiger partial charge is 0.496 e. The molecule has 0 unspecified atom stereocenters. The Labute approximate surface area is 132 Å². The molecule has 0 radical (unpaired) electrons. The summed E-state index contributed by atoms with van der Waals surface area (Å²) in [4.78, 5) is 15.8. The second kappa shape index (κ2) is 5.68. The lowest BCUT2D eigenvalue weighted by Crippen LogP contribution is -2.06. The number of fused-ring (bicyclic) bond motifs is 1. The van der Waals surface area contributed by atoms with Gasteiger partial charge in [0.25, 0.3) is 0 Å². The number of rotatable bonds is 3. The molecule has 116 valence electrons. The molecular formula is C18H14FNO3. The molecule has 2 aromatic carbocycles. The van der Waals surface area contributed by atoms with Crippen LogP contribution in [0.1, 0.15) is 16.1 Å². The van der Waals surface area contributed by atoms with Crippen LogP contribution in [0.3, 0.4) is 0 Å². The number of ether oxygens (including phenoxy) is 1. The number of aromatic carboxylic acids is 1. The Bertz CT molecular complexity index is 922. The summed E-state index contributed by atoms with van der Waals surface area (Å²) in [6, 6.07) is 11.3. The van der Waals surface area contributed by atoms with Gasteiger partial charge < -0.3 is 9.84 Å². The quantitative estimate of drug-likeness (QED) is 0.792. The number of halogens is 1. The Morgan fingerprint density at radius 2 is 1.96 bits per heavy atom. The number of carboxylic acids is 1. The predicted molar refractivity (Wildman–Crippen MR) is 85.4 cm³/mol. The van der Waals surface area contributed by atoms with Gasteiger partial charge in [0.1, 0.15) is 11.6 Å². The average molecular weight is 311 g/mol. The molecule has 1 aromatic heterocycles. The van der Waals surface area contributed by atoms with Gasteiger partial charge in [-0.15, -0.1) is 0 Å². The summed E-state index contributed by atoms with van der Waals surface area (Å²) in [5.41, 5.74) is 2.04. The molecule has 0 fully saturated rings. The molecule has 0 saturated heterocycles. The van der Waals surface area contributed by atoms with Crippen LogP contribution in [0.4, 0.5) is 4.39 Å². The summed E-state index contributed by atoms with van der Waals surface area (Å²) in [5, 5.41) is 10.3.